The van der Waals surface area contributed by atoms with Gasteiger partial charge in [0.1, 0.15) is 0 Å². The second-order valence-electron chi connectivity index (χ2n) is 15.3. The number of pyridine rings is 4. The Labute approximate surface area is 387 Å². The monoisotopic (exact) mass is 1180 g/mol. The summed E-state index contributed by atoms with van der Waals surface area (Å²) in [5.41, 5.74) is 6.95. The molecule has 13 rings (SSSR count). The predicted molar refractivity (Wildman–Crippen MR) is 223 cm³/mol. The quantitative estimate of drug-likeness (QED) is 0.186. The van der Waals surface area contributed by atoms with Crippen LogP contribution < -0.4 is 71.3 Å². The van der Waals surface area contributed by atoms with Gasteiger partial charge in [-0.25, -0.2) is 0 Å². The molecule has 0 saturated heterocycles. The van der Waals surface area contributed by atoms with Crippen LogP contribution in [0.2, 0.25) is 0 Å². The summed E-state index contributed by atoms with van der Waals surface area (Å²) in [6, 6.07) is 14.6. The molecule has 5 aromatic rings. The Morgan fingerprint density at radius 3 is 0.855 bits per heavy atom. The third-order valence-corrected chi connectivity index (χ3v) is 11.3. The van der Waals surface area contributed by atoms with Crippen molar-refractivity contribution in [2.24, 2.45) is 0 Å². The van der Waals surface area contributed by atoms with E-state index in [4.69, 9.17) is 38.9 Å². The van der Waals surface area contributed by atoms with Gasteiger partial charge in [0.2, 0.25) is 13.4 Å². The number of nitrogens with zero attached hydrogens (tertiary/aromatic N) is 12. The molecule has 0 bridgehead atoms. The van der Waals surface area contributed by atoms with Gasteiger partial charge in [0, 0.05) is 10.9 Å². The third-order valence-electron chi connectivity index (χ3n) is 11.3. The summed E-state index contributed by atoms with van der Waals surface area (Å²) in [4.78, 5) is 35.3. The van der Waals surface area contributed by atoms with Crippen LogP contribution in [0.1, 0.15) is 0 Å². The van der Waals surface area contributed by atoms with Gasteiger partial charge in [-0.3, -0.25) is 0 Å². The van der Waals surface area contributed by atoms with E-state index < -0.39 is 13.4 Å². The minimum atomic E-state index is -0.557. The van der Waals surface area contributed by atoms with Gasteiger partial charge in [-0.2, -0.15) is 50.9 Å². The smallest absolute Gasteiger partial charge is 0.510 e. The van der Waals surface area contributed by atoms with E-state index in [0.29, 0.717) is 79.3 Å². The van der Waals surface area contributed by atoms with Gasteiger partial charge in [-0.05, 0) is 77.8 Å². The molecule has 62 heavy (non-hydrogen) atoms. The van der Waals surface area contributed by atoms with E-state index in [1.807, 2.05) is 144 Å². The van der Waals surface area contributed by atoms with E-state index in [0.717, 1.165) is 22.7 Å². The Morgan fingerprint density at radius 2 is 0.645 bits per heavy atom. The molecular formula is C42H28B2N12O4Pt2. The first-order chi connectivity index (χ1) is 29.3. The summed E-state index contributed by atoms with van der Waals surface area (Å²) < 4.78 is 27.5. The van der Waals surface area contributed by atoms with Crippen LogP contribution >= 0.6 is 0 Å². The Kier molecular flexibility index (Phi) is 8.89. The van der Waals surface area contributed by atoms with E-state index in [1.54, 1.807) is 24.8 Å². The van der Waals surface area contributed by atoms with E-state index in [2.05, 4.69) is 24.3 Å². The van der Waals surface area contributed by atoms with Crippen molar-refractivity contribution in [3.8, 4) is 46.5 Å². The van der Waals surface area contributed by atoms with Crippen LogP contribution in [-0.4, -0.2) is 81.2 Å². The molecule has 8 aliphatic rings. The molecule has 0 N–H and O–H groups in total. The maximum absolute atomic E-state index is 6.88. The van der Waals surface area contributed by atoms with Crippen molar-refractivity contribution in [3.63, 3.8) is 0 Å². The van der Waals surface area contributed by atoms with Crippen LogP contribution in [-0.2, 0) is 42.1 Å². The van der Waals surface area contributed by atoms with Crippen molar-refractivity contribution < 1.29 is 61.1 Å². The molecule has 0 radical (unpaired) electrons. The minimum absolute atomic E-state index is 0. The molecule has 20 heteroatoms. The number of hydrogen-bond donors (Lipinski definition) is 0. The average Bonchev–Trinajstić information content (AvgIpc) is 4.10. The van der Waals surface area contributed by atoms with Gasteiger partial charge < -0.3 is 78.1 Å². The van der Waals surface area contributed by atoms with Crippen molar-refractivity contribution >= 4 is 69.0 Å². The molecule has 12 heterocycles. The first-order valence-corrected chi connectivity index (χ1v) is 19.1. The van der Waals surface area contributed by atoms with Crippen LogP contribution in [0, 0.1) is 50.9 Å². The molecule has 0 aliphatic carbocycles. The summed E-state index contributed by atoms with van der Waals surface area (Å²) in [5, 5.41) is 0. The Bertz CT molecular complexity index is 2490. The first kappa shape index (κ1) is 38.8. The zero-order valence-corrected chi connectivity index (χ0v) is 37.6. The van der Waals surface area contributed by atoms with Gasteiger partial charge in [-0.15, -0.1) is 21.9 Å². The molecule has 16 nitrogen and oxygen atoms in total. The van der Waals surface area contributed by atoms with Crippen molar-refractivity contribution in [2.45, 2.75) is 0 Å². The molecule has 0 spiro atoms. The van der Waals surface area contributed by atoms with Gasteiger partial charge in [0.25, 0.3) is 0 Å². The second-order valence-corrected chi connectivity index (χ2v) is 15.3. The number of benzene rings is 1. The van der Waals surface area contributed by atoms with Crippen molar-refractivity contribution in [1.82, 2.24) is 39.5 Å². The molecule has 8 aliphatic heterocycles. The fourth-order valence-electron chi connectivity index (χ4n) is 8.53. The molecule has 0 atom stereocenters. The number of rotatable bonds is 4. The van der Waals surface area contributed by atoms with Crippen LogP contribution in [0.25, 0.3) is 0 Å². The predicted octanol–water partition coefficient (Wildman–Crippen LogP) is 1.29. The molecule has 4 aromatic heterocycles. The number of hydrogen-bond acceptors (Lipinski definition) is 16. The topological polar surface area (TPSA) is 114 Å². The van der Waals surface area contributed by atoms with E-state index in [9.17, 15) is 0 Å². The number of fused-ring (bicyclic) bond motifs is 10. The molecular weight excluding hydrogens is 1150 g/mol. The summed E-state index contributed by atoms with van der Waals surface area (Å²) in [6.07, 6.45) is 22.6. The average molecular weight is 1180 g/mol. The Balaban J connectivity index is 0.00000216. The van der Waals surface area contributed by atoms with E-state index in [1.165, 1.54) is 0 Å². The van der Waals surface area contributed by atoms with Gasteiger partial charge in [-0.1, -0.05) is 47.5 Å². The minimum Gasteiger partial charge on any atom is -0.510 e. The molecule has 0 fully saturated rings. The summed E-state index contributed by atoms with van der Waals surface area (Å²) in [6.45, 7) is 6.69. The summed E-state index contributed by atoms with van der Waals surface area (Å²) in [7, 11) is 7.86. The third kappa shape index (κ3) is 5.75. The normalized spacial score (nSPS) is 17.4. The zero-order chi connectivity index (χ0) is 40.0. The molecule has 1 aromatic carbocycles. The number of ether oxygens (including phenoxy) is 4. The van der Waals surface area contributed by atoms with Crippen LogP contribution in [0.5, 0.6) is 46.5 Å². The van der Waals surface area contributed by atoms with Crippen molar-refractivity contribution in [3.05, 3.63) is 125 Å². The fraction of sp³-hybridized carbons (Fsp3) is 0.0952. The maximum Gasteiger partial charge on any atom is 4.00 e. The molecule has 0 saturated carbocycles. The van der Waals surface area contributed by atoms with Gasteiger partial charge in [0.15, 0.2) is 23.0 Å². The van der Waals surface area contributed by atoms with Gasteiger partial charge >= 0.3 is 42.1 Å². The number of anilines is 4. The molecule has 306 valence electrons. The maximum atomic E-state index is 6.88. The van der Waals surface area contributed by atoms with Crippen LogP contribution in [0.15, 0.2) is 74.4 Å². The first-order valence-electron chi connectivity index (χ1n) is 19.1. The zero-order valence-electron chi connectivity index (χ0n) is 33.0. The summed E-state index contributed by atoms with van der Waals surface area (Å²) in [5.74, 6) is 3.15. The van der Waals surface area contributed by atoms with Gasteiger partial charge in [0.05, 0.1) is 23.5 Å². The van der Waals surface area contributed by atoms with E-state index in [-0.39, 0.29) is 42.1 Å². The van der Waals surface area contributed by atoms with Crippen LogP contribution in [0.4, 0.5) is 22.7 Å². The van der Waals surface area contributed by atoms with E-state index >= 15 is 0 Å². The van der Waals surface area contributed by atoms with Crippen molar-refractivity contribution in [1.29, 1.82) is 0 Å². The fourth-order valence-corrected chi connectivity index (χ4v) is 8.53. The SMILES string of the molecule is CN1C=CN(c2[c-]c3c(nc2)Oc2c4c5c(c6c2B3c2[c-]c(N3C=CN(C)[CH-]3)cnc2O6)Oc2ncc(N3C=CN(C)[CH-]3)[c-]c2B5c2[c-]c(N3C=CN(C)[CH-]3)cnc2O4)[CH-]1.[Pt+4].[Pt+4]. The Hall–Kier alpha value is -6.11. The Morgan fingerprint density at radius 1 is 0.403 bits per heavy atom. The molecule has 0 unspecified atom stereocenters. The van der Waals surface area contributed by atoms with Crippen molar-refractivity contribution in [2.75, 3.05) is 47.8 Å². The molecule has 0 amide bonds. The summed E-state index contributed by atoms with van der Waals surface area (Å²) >= 11 is 0. The standard InChI is InChI=1S/C42H28B2N12O4.2Pt/c1-49-5-9-53(21-49)25-13-29-39(45-17-25)57-35-33-36(58-40-30(43(29)33)14-26(18-46-40)54-10-6-50(2)22-54)38-34-37(35)59-41-31(15-27(19-47-41)55-11-7-51(3)23-55)44(34)32-16-28(20-48-42(32)60-38)56-12-8-52(4)24-56;;/h5-12,17-24H,1-4H3;;/q-8;2*+4. The second kappa shape index (κ2) is 14.2. The number of aromatic nitrogens is 4. The largest absolute Gasteiger partial charge is 4.00 e. The van der Waals surface area contributed by atoms with Crippen LogP contribution in [0.3, 0.4) is 0 Å².